The lowest BCUT2D eigenvalue weighted by Gasteiger charge is -2.24. The average Bonchev–Trinajstić information content (AvgIpc) is 2.38. The first-order valence-electron chi connectivity index (χ1n) is 6.08. The maximum atomic E-state index is 5.35. The number of hydrogen-bond acceptors (Lipinski definition) is 3. The molecular formula is C13H20N2O. The number of aromatic nitrogens is 1. The molecule has 0 radical (unpaired) electrons. The molecule has 0 bridgehead atoms. The highest BCUT2D eigenvalue weighted by molar-refractivity contribution is 5.07. The quantitative estimate of drug-likeness (QED) is 0.844. The van der Waals surface area contributed by atoms with Crippen molar-refractivity contribution in [2.75, 3.05) is 19.8 Å². The Morgan fingerprint density at radius 1 is 1.44 bits per heavy atom. The van der Waals surface area contributed by atoms with Gasteiger partial charge in [-0.25, -0.2) is 0 Å². The maximum Gasteiger partial charge on any atom is 0.0570 e. The second-order valence-electron chi connectivity index (χ2n) is 4.44. The molecule has 1 unspecified atom stereocenters. The average molecular weight is 220 g/mol. The summed E-state index contributed by atoms with van der Waals surface area (Å²) < 4.78 is 5.35. The van der Waals surface area contributed by atoms with Gasteiger partial charge >= 0.3 is 0 Å². The summed E-state index contributed by atoms with van der Waals surface area (Å²) in [6, 6.07) is 6.40. The van der Waals surface area contributed by atoms with Crippen LogP contribution in [0.3, 0.4) is 0 Å². The molecular weight excluding hydrogens is 200 g/mol. The molecule has 0 aliphatic carbocycles. The van der Waals surface area contributed by atoms with Crippen molar-refractivity contribution in [2.24, 2.45) is 5.92 Å². The van der Waals surface area contributed by atoms with E-state index in [1.807, 2.05) is 18.3 Å². The van der Waals surface area contributed by atoms with E-state index in [1.165, 1.54) is 12.8 Å². The molecule has 0 saturated carbocycles. The minimum atomic E-state index is 0.337. The van der Waals surface area contributed by atoms with Gasteiger partial charge in [-0.05, 0) is 44.4 Å². The molecule has 3 nitrogen and oxygen atoms in total. The van der Waals surface area contributed by atoms with Gasteiger partial charge in [0.25, 0.3) is 0 Å². The van der Waals surface area contributed by atoms with E-state index >= 15 is 0 Å². The van der Waals surface area contributed by atoms with Crippen LogP contribution in [0.25, 0.3) is 0 Å². The molecule has 2 rings (SSSR count). The zero-order valence-corrected chi connectivity index (χ0v) is 9.86. The molecule has 1 atom stereocenters. The van der Waals surface area contributed by atoms with Gasteiger partial charge in [0.2, 0.25) is 0 Å². The maximum absolute atomic E-state index is 5.35. The van der Waals surface area contributed by atoms with Crippen molar-refractivity contribution >= 4 is 0 Å². The molecule has 1 aliphatic rings. The predicted octanol–water partition coefficient (Wildman–Crippen LogP) is 2.16. The fraction of sp³-hybridized carbons (Fsp3) is 0.615. The summed E-state index contributed by atoms with van der Waals surface area (Å²) in [4.78, 5) is 4.36. The normalized spacial score (nSPS) is 19.6. The van der Waals surface area contributed by atoms with E-state index in [0.29, 0.717) is 6.04 Å². The summed E-state index contributed by atoms with van der Waals surface area (Å²) in [6.07, 6.45) is 4.21. The molecule has 0 aromatic carbocycles. The number of rotatable bonds is 4. The standard InChI is InChI=1S/C13H20N2O/c1-11(13-4-2-3-7-14-13)15-10-12-5-8-16-9-6-12/h2-4,7,11-12,15H,5-6,8-10H2,1H3. The smallest absolute Gasteiger partial charge is 0.0570 e. The molecule has 88 valence electrons. The summed E-state index contributed by atoms with van der Waals surface area (Å²) in [5.74, 6) is 0.764. The van der Waals surface area contributed by atoms with Gasteiger partial charge in [0.1, 0.15) is 0 Å². The summed E-state index contributed by atoms with van der Waals surface area (Å²) in [7, 11) is 0. The van der Waals surface area contributed by atoms with Gasteiger partial charge in [0.05, 0.1) is 5.69 Å². The SMILES string of the molecule is CC(NCC1CCOCC1)c1ccccn1. The van der Waals surface area contributed by atoms with Crippen molar-refractivity contribution in [1.82, 2.24) is 10.3 Å². The van der Waals surface area contributed by atoms with Crippen molar-refractivity contribution in [3.05, 3.63) is 30.1 Å². The highest BCUT2D eigenvalue weighted by Crippen LogP contribution is 2.15. The Morgan fingerprint density at radius 3 is 2.94 bits per heavy atom. The highest BCUT2D eigenvalue weighted by atomic mass is 16.5. The highest BCUT2D eigenvalue weighted by Gasteiger charge is 2.15. The lowest BCUT2D eigenvalue weighted by atomic mass is 10.00. The van der Waals surface area contributed by atoms with Gasteiger partial charge in [0.15, 0.2) is 0 Å². The van der Waals surface area contributed by atoms with Crippen LogP contribution in [0.4, 0.5) is 0 Å². The molecule has 1 fully saturated rings. The molecule has 1 aromatic rings. The van der Waals surface area contributed by atoms with Crippen molar-refractivity contribution in [3.8, 4) is 0 Å². The lowest BCUT2D eigenvalue weighted by Crippen LogP contribution is -2.29. The van der Waals surface area contributed by atoms with Crippen LogP contribution in [-0.2, 0) is 4.74 Å². The van der Waals surface area contributed by atoms with Crippen LogP contribution in [0.2, 0.25) is 0 Å². The third-order valence-electron chi connectivity index (χ3n) is 3.19. The van der Waals surface area contributed by atoms with Crippen molar-refractivity contribution in [2.45, 2.75) is 25.8 Å². The molecule has 16 heavy (non-hydrogen) atoms. The molecule has 0 spiro atoms. The Kier molecular flexibility index (Phi) is 4.31. The van der Waals surface area contributed by atoms with Crippen molar-refractivity contribution < 1.29 is 4.74 Å². The van der Waals surface area contributed by atoms with E-state index in [4.69, 9.17) is 4.74 Å². The van der Waals surface area contributed by atoms with Gasteiger partial charge < -0.3 is 10.1 Å². The van der Waals surface area contributed by atoms with Crippen LogP contribution in [0.1, 0.15) is 31.5 Å². The largest absolute Gasteiger partial charge is 0.381 e. The van der Waals surface area contributed by atoms with E-state index in [1.54, 1.807) is 0 Å². The summed E-state index contributed by atoms with van der Waals surface area (Å²) >= 11 is 0. The third-order valence-corrected chi connectivity index (χ3v) is 3.19. The van der Waals surface area contributed by atoms with Crippen LogP contribution in [0.5, 0.6) is 0 Å². The van der Waals surface area contributed by atoms with Crippen LogP contribution in [-0.4, -0.2) is 24.7 Å². The van der Waals surface area contributed by atoms with E-state index in [-0.39, 0.29) is 0 Å². The van der Waals surface area contributed by atoms with Crippen LogP contribution in [0, 0.1) is 5.92 Å². The number of hydrogen-bond donors (Lipinski definition) is 1. The molecule has 2 heterocycles. The van der Waals surface area contributed by atoms with E-state index in [0.717, 1.165) is 31.4 Å². The third kappa shape index (κ3) is 3.29. The number of nitrogens with zero attached hydrogens (tertiary/aromatic N) is 1. The Balaban J connectivity index is 1.77. The first-order chi connectivity index (χ1) is 7.86. The van der Waals surface area contributed by atoms with Crippen LogP contribution < -0.4 is 5.32 Å². The first kappa shape index (κ1) is 11.6. The topological polar surface area (TPSA) is 34.1 Å². The number of ether oxygens (including phenoxy) is 1. The monoisotopic (exact) mass is 220 g/mol. The number of pyridine rings is 1. The van der Waals surface area contributed by atoms with Gasteiger partial charge in [-0.3, -0.25) is 4.98 Å². The van der Waals surface area contributed by atoms with E-state index in [2.05, 4.69) is 23.3 Å². The van der Waals surface area contributed by atoms with E-state index < -0.39 is 0 Å². The number of nitrogens with one attached hydrogen (secondary N) is 1. The molecule has 1 saturated heterocycles. The minimum absolute atomic E-state index is 0.337. The Bertz CT molecular complexity index is 296. The van der Waals surface area contributed by atoms with Crippen molar-refractivity contribution in [3.63, 3.8) is 0 Å². The fourth-order valence-corrected chi connectivity index (χ4v) is 2.03. The Labute approximate surface area is 97.2 Å². The second kappa shape index (κ2) is 5.97. The van der Waals surface area contributed by atoms with Crippen LogP contribution in [0.15, 0.2) is 24.4 Å². The summed E-state index contributed by atoms with van der Waals surface area (Å²) in [6.45, 7) is 5.08. The first-order valence-corrected chi connectivity index (χ1v) is 6.08. The lowest BCUT2D eigenvalue weighted by molar-refractivity contribution is 0.0656. The zero-order valence-electron chi connectivity index (χ0n) is 9.86. The molecule has 1 N–H and O–H groups in total. The second-order valence-corrected chi connectivity index (χ2v) is 4.44. The van der Waals surface area contributed by atoms with E-state index in [9.17, 15) is 0 Å². The van der Waals surface area contributed by atoms with Gasteiger partial charge in [0, 0.05) is 25.5 Å². The van der Waals surface area contributed by atoms with Gasteiger partial charge in [-0.2, -0.15) is 0 Å². The molecule has 0 amide bonds. The summed E-state index contributed by atoms with van der Waals surface area (Å²) in [5.41, 5.74) is 1.12. The molecule has 3 heteroatoms. The summed E-state index contributed by atoms with van der Waals surface area (Å²) in [5, 5.41) is 3.55. The minimum Gasteiger partial charge on any atom is -0.381 e. The van der Waals surface area contributed by atoms with Gasteiger partial charge in [-0.1, -0.05) is 6.07 Å². The Morgan fingerprint density at radius 2 is 2.25 bits per heavy atom. The predicted molar refractivity (Wildman–Crippen MR) is 64.2 cm³/mol. The molecule has 1 aromatic heterocycles. The van der Waals surface area contributed by atoms with Crippen molar-refractivity contribution in [1.29, 1.82) is 0 Å². The molecule has 1 aliphatic heterocycles. The fourth-order valence-electron chi connectivity index (χ4n) is 2.03. The van der Waals surface area contributed by atoms with Crippen LogP contribution >= 0.6 is 0 Å². The Hall–Kier alpha value is -0.930. The zero-order chi connectivity index (χ0) is 11.2. The van der Waals surface area contributed by atoms with Gasteiger partial charge in [-0.15, -0.1) is 0 Å².